The predicted octanol–water partition coefficient (Wildman–Crippen LogP) is 5.15. The van der Waals surface area contributed by atoms with Crippen LogP contribution in [0.1, 0.15) is 34.2 Å². The van der Waals surface area contributed by atoms with Crippen LogP contribution < -0.4 is 24.4 Å². The van der Waals surface area contributed by atoms with E-state index in [-0.39, 0.29) is 18.0 Å². The summed E-state index contributed by atoms with van der Waals surface area (Å²) >= 11 is 0. The van der Waals surface area contributed by atoms with Crippen molar-refractivity contribution in [3.8, 4) is 28.7 Å². The Kier molecular flexibility index (Phi) is 6.13. The standard InChI is InChI=1S/C29H25NO8/c1-3-33-29(32)19-5-7-20(8-6-19)38-27-17(2)37-28-21(26(27)31)9-11-23-22(28)14-30(15-34-23)13-18-4-10-24-25(12-18)36-16-35-24/h4-12H,3,13-16H2,1-2H3. The molecule has 0 amide bonds. The second-order valence-electron chi connectivity index (χ2n) is 9.03. The topological polar surface area (TPSA) is 96.7 Å². The van der Waals surface area contributed by atoms with Crippen LogP contribution in [0.5, 0.6) is 28.7 Å². The number of nitrogens with zero attached hydrogens (tertiary/aromatic N) is 1. The number of ether oxygens (including phenoxy) is 5. The molecule has 4 aromatic rings. The van der Waals surface area contributed by atoms with Gasteiger partial charge in [0.2, 0.25) is 18.0 Å². The Hall–Kier alpha value is -4.50. The zero-order valence-corrected chi connectivity index (χ0v) is 20.9. The molecule has 3 heterocycles. The molecule has 0 bridgehead atoms. The van der Waals surface area contributed by atoms with E-state index in [0.717, 1.165) is 22.6 Å². The summed E-state index contributed by atoms with van der Waals surface area (Å²) in [5, 5.41) is 0.404. The van der Waals surface area contributed by atoms with Crippen molar-refractivity contribution in [3.63, 3.8) is 0 Å². The maximum atomic E-state index is 13.4. The highest BCUT2D eigenvalue weighted by atomic mass is 16.7. The molecule has 0 unspecified atom stereocenters. The quantitative estimate of drug-likeness (QED) is 0.323. The highest BCUT2D eigenvalue weighted by molar-refractivity contribution is 5.89. The number of esters is 1. The largest absolute Gasteiger partial charge is 0.478 e. The lowest BCUT2D eigenvalue weighted by molar-refractivity contribution is 0.0526. The Labute approximate surface area is 218 Å². The van der Waals surface area contributed by atoms with E-state index in [4.69, 9.17) is 28.1 Å². The number of hydrogen-bond donors (Lipinski definition) is 0. The van der Waals surface area contributed by atoms with Gasteiger partial charge in [0.15, 0.2) is 11.5 Å². The van der Waals surface area contributed by atoms with Crippen molar-refractivity contribution < 1.29 is 32.9 Å². The Morgan fingerprint density at radius 2 is 1.76 bits per heavy atom. The van der Waals surface area contributed by atoms with Crippen LogP contribution in [-0.2, 0) is 17.8 Å². The SMILES string of the molecule is CCOC(=O)c1ccc(Oc2c(C)oc3c4c(ccc3c2=O)OCN(Cc2ccc3c(c2)OCO3)C4)cc1. The highest BCUT2D eigenvalue weighted by Gasteiger charge is 2.25. The second-order valence-corrected chi connectivity index (χ2v) is 9.03. The summed E-state index contributed by atoms with van der Waals surface area (Å²) < 4.78 is 34.0. The van der Waals surface area contributed by atoms with Gasteiger partial charge in [-0.2, -0.15) is 0 Å². The number of hydrogen-bond acceptors (Lipinski definition) is 9. The molecule has 0 aliphatic carbocycles. The molecule has 2 aliphatic heterocycles. The summed E-state index contributed by atoms with van der Waals surface area (Å²) in [6.45, 7) is 5.53. The number of carbonyl (C=O) groups excluding carboxylic acids is 1. The molecule has 0 saturated heterocycles. The van der Waals surface area contributed by atoms with Gasteiger partial charge in [0.05, 0.1) is 23.1 Å². The van der Waals surface area contributed by atoms with Crippen LogP contribution in [0, 0.1) is 6.92 Å². The van der Waals surface area contributed by atoms with E-state index in [1.54, 1.807) is 50.2 Å². The van der Waals surface area contributed by atoms with E-state index < -0.39 is 5.97 Å². The van der Waals surface area contributed by atoms with Gasteiger partial charge >= 0.3 is 5.97 Å². The molecular weight excluding hydrogens is 490 g/mol. The third kappa shape index (κ3) is 4.41. The fourth-order valence-corrected chi connectivity index (χ4v) is 4.61. The van der Waals surface area contributed by atoms with Crippen LogP contribution in [0.15, 0.2) is 63.8 Å². The minimum absolute atomic E-state index is 0.0929. The molecule has 1 aromatic heterocycles. The summed E-state index contributed by atoms with van der Waals surface area (Å²) in [5.74, 6) is 2.59. The van der Waals surface area contributed by atoms with Crippen LogP contribution in [0.3, 0.4) is 0 Å². The third-order valence-electron chi connectivity index (χ3n) is 6.46. The van der Waals surface area contributed by atoms with Crippen LogP contribution in [0.2, 0.25) is 0 Å². The maximum absolute atomic E-state index is 13.4. The molecular formula is C29H25NO8. The van der Waals surface area contributed by atoms with E-state index in [2.05, 4.69) is 4.90 Å². The van der Waals surface area contributed by atoms with Gasteiger partial charge in [0.25, 0.3) is 0 Å². The smallest absolute Gasteiger partial charge is 0.338 e. The molecule has 0 fully saturated rings. The van der Waals surface area contributed by atoms with Crippen molar-refractivity contribution in [3.05, 3.63) is 87.3 Å². The molecule has 3 aromatic carbocycles. The Balaban J connectivity index is 1.26. The number of carbonyl (C=O) groups is 1. The first-order chi connectivity index (χ1) is 18.5. The average molecular weight is 516 g/mol. The summed E-state index contributed by atoms with van der Waals surface area (Å²) in [5.41, 5.74) is 2.46. The molecule has 0 radical (unpaired) electrons. The summed E-state index contributed by atoms with van der Waals surface area (Å²) in [7, 11) is 0. The second kappa shape index (κ2) is 9.75. The predicted molar refractivity (Wildman–Crippen MR) is 137 cm³/mol. The van der Waals surface area contributed by atoms with E-state index in [0.29, 0.717) is 60.2 Å². The lowest BCUT2D eigenvalue weighted by atomic mass is 10.1. The molecule has 194 valence electrons. The van der Waals surface area contributed by atoms with Crippen molar-refractivity contribution >= 4 is 16.9 Å². The summed E-state index contributed by atoms with van der Waals surface area (Å²) in [6.07, 6.45) is 0. The van der Waals surface area contributed by atoms with Gasteiger partial charge in [-0.15, -0.1) is 0 Å². The average Bonchev–Trinajstić information content (AvgIpc) is 3.39. The molecule has 0 N–H and O–H groups in total. The van der Waals surface area contributed by atoms with Crippen molar-refractivity contribution in [1.29, 1.82) is 0 Å². The summed E-state index contributed by atoms with van der Waals surface area (Å²) in [6, 6.07) is 15.8. The van der Waals surface area contributed by atoms with Gasteiger partial charge in [0.1, 0.15) is 29.6 Å². The monoisotopic (exact) mass is 515 g/mol. The zero-order chi connectivity index (χ0) is 26.2. The lowest BCUT2D eigenvalue weighted by Gasteiger charge is -2.29. The number of benzene rings is 3. The van der Waals surface area contributed by atoms with Crippen molar-refractivity contribution in [2.45, 2.75) is 26.9 Å². The minimum Gasteiger partial charge on any atom is -0.478 e. The van der Waals surface area contributed by atoms with E-state index in [1.165, 1.54) is 0 Å². The number of fused-ring (bicyclic) bond motifs is 4. The van der Waals surface area contributed by atoms with Crippen molar-refractivity contribution in [2.24, 2.45) is 0 Å². The lowest BCUT2D eigenvalue weighted by Crippen LogP contribution is -2.31. The van der Waals surface area contributed by atoms with Crippen molar-refractivity contribution in [1.82, 2.24) is 4.90 Å². The molecule has 38 heavy (non-hydrogen) atoms. The van der Waals surface area contributed by atoms with Gasteiger partial charge in [0, 0.05) is 13.1 Å². The first-order valence-corrected chi connectivity index (χ1v) is 12.3. The zero-order valence-electron chi connectivity index (χ0n) is 20.9. The maximum Gasteiger partial charge on any atom is 0.338 e. The van der Waals surface area contributed by atoms with Gasteiger partial charge in [-0.3, -0.25) is 9.69 Å². The van der Waals surface area contributed by atoms with E-state index >= 15 is 0 Å². The minimum atomic E-state index is -0.417. The molecule has 9 nitrogen and oxygen atoms in total. The van der Waals surface area contributed by atoms with Crippen LogP contribution >= 0.6 is 0 Å². The van der Waals surface area contributed by atoms with Gasteiger partial charge < -0.3 is 28.1 Å². The van der Waals surface area contributed by atoms with Gasteiger partial charge in [-0.1, -0.05) is 6.07 Å². The fraction of sp³-hybridized carbons (Fsp3) is 0.241. The fourth-order valence-electron chi connectivity index (χ4n) is 4.61. The molecule has 9 heteroatoms. The van der Waals surface area contributed by atoms with Gasteiger partial charge in [-0.05, 0) is 67.9 Å². The Morgan fingerprint density at radius 1 is 0.974 bits per heavy atom. The summed E-state index contributed by atoms with van der Waals surface area (Å²) in [4.78, 5) is 27.5. The first kappa shape index (κ1) is 23.9. The van der Waals surface area contributed by atoms with Gasteiger partial charge in [-0.25, -0.2) is 4.79 Å². The molecule has 0 spiro atoms. The van der Waals surface area contributed by atoms with Crippen LogP contribution in [0.4, 0.5) is 0 Å². The Bertz CT molecular complexity index is 1590. The normalized spacial score (nSPS) is 14.2. The first-order valence-electron chi connectivity index (χ1n) is 12.3. The molecule has 0 atom stereocenters. The van der Waals surface area contributed by atoms with E-state index in [9.17, 15) is 9.59 Å². The third-order valence-corrected chi connectivity index (χ3v) is 6.46. The molecule has 0 saturated carbocycles. The van der Waals surface area contributed by atoms with Crippen LogP contribution in [0.25, 0.3) is 11.0 Å². The van der Waals surface area contributed by atoms with Crippen molar-refractivity contribution in [2.75, 3.05) is 20.1 Å². The molecule has 2 aliphatic rings. The molecule has 6 rings (SSSR count). The van der Waals surface area contributed by atoms with Crippen LogP contribution in [-0.4, -0.2) is 31.0 Å². The Morgan fingerprint density at radius 3 is 2.58 bits per heavy atom. The highest BCUT2D eigenvalue weighted by Crippen LogP contribution is 2.36. The number of rotatable bonds is 6. The number of aryl methyl sites for hydroxylation is 1. The van der Waals surface area contributed by atoms with E-state index in [1.807, 2.05) is 18.2 Å².